The quantitative estimate of drug-likeness (QED) is 0.544. The number of carboxylic acid groups (broad SMARTS) is 1. The molecule has 28 heavy (non-hydrogen) atoms. The van der Waals surface area contributed by atoms with Crippen molar-refractivity contribution in [1.82, 2.24) is 9.55 Å². The molecule has 0 saturated carbocycles. The summed E-state index contributed by atoms with van der Waals surface area (Å²) in [5.41, 5.74) is 5.79. The first-order valence-corrected chi connectivity index (χ1v) is 8.99. The Labute approximate surface area is 162 Å². The first-order chi connectivity index (χ1) is 13.6. The van der Waals surface area contributed by atoms with Gasteiger partial charge in [0.05, 0.1) is 16.6 Å². The zero-order chi connectivity index (χ0) is 19.7. The van der Waals surface area contributed by atoms with E-state index >= 15 is 0 Å². The molecule has 3 aromatic carbocycles. The van der Waals surface area contributed by atoms with Crippen LogP contribution in [0.25, 0.3) is 27.8 Å². The Morgan fingerprint density at radius 1 is 1.04 bits per heavy atom. The molecule has 0 bridgehead atoms. The third-order valence-electron chi connectivity index (χ3n) is 4.82. The maximum atomic E-state index is 11.6. The molecule has 4 aromatic rings. The number of carboxylic acids is 1. The van der Waals surface area contributed by atoms with Crippen LogP contribution in [0.4, 0.5) is 0 Å². The molecule has 0 amide bonds. The molecule has 1 aromatic heterocycles. The van der Waals surface area contributed by atoms with Gasteiger partial charge in [0.1, 0.15) is 12.4 Å². The summed E-state index contributed by atoms with van der Waals surface area (Å²) in [5, 5.41) is 9.51. The van der Waals surface area contributed by atoms with Crippen LogP contribution in [0.5, 0.6) is 0 Å². The van der Waals surface area contributed by atoms with E-state index in [9.17, 15) is 9.90 Å². The summed E-state index contributed by atoms with van der Waals surface area (Å²) in [6.07, 6.45) is 0. The Morgan fingerprint density at radius 2 is 1.79 bits per heavy atom. The molecule has 0 spiro atoms. The van der Waals surface area contributed by atoms with E-state index in [4.69, 9.17) is 4.74 Å². The third kappa shape index (κ3) is 3.06. The van der Waals surface area contributed by atoms with E-state index in [1.807, 2.05) is 55.5 Å². The molecule has 0 saturated heterocycles. The Balaban J connectivity index is 1.87. The monoisotopic (exact) mass is 372 g/mol. The van der Waals surface area contributed by atoms with E-state index in [0.29, 0.717) is 17.7 Å². The van der Waals surface area contributed by atoms with Crippen molar-refractivity contribution in [3.05, 3.63) is 83.7 Å². The van der Waals surface area contributed by atoms with Gasteiger partial charge in [-0.15, -0.1) is 0 Å². The van der Waals surface area contributed by atoms with Crippen LogP contribution in [0.3, 0.4) is 0 Å². The maximum Gasteiger partial charge on any atom is 0.336 e. The Kier molecular flexibility index (Phi) is 4.67. The summed E-state index contributed by atoms with van der Waals surface area (Å²) >= 11 is 0. The Morgan fingerprint density at radius 3 is 2.54 bits per heavy atom. The number of aromatic carboxylic acids is 1. The molecule has 0 aliphatic rings. The van der Waals surface area contributed by atoms with Gasteiger partial charge in [-0.1, -0.05) is 36.4 Å². The standard InChI is InChI=1S/C23H20N2O3/c1-15-13-16(11-12-17(15)18-7-3-4-8-19(18)23(26)27)25-21-10-6-5-9-20(21)24-22(25)14-28-2/h3-13H,14H2,1-2H3,(H,26,27). The Hall–Kier alpha value is -3.44. The van der Waals surface area contributed by atoms with Gasteiger partial charge in [0, 0.05) is 12.8 Å². The largest absolute Gasteiger partial charge is 0.478 e. The van der Waals surface area contributed by atoms with Crippen LogP contribution in [0.15, 0.2) is 66.7 Å². The normalized spacial score (nSPS) is 11.1. The first-order valence-electron chi connectivity index (χ1n) is 8.99. The second kappa shape index (κ2) is 7.29. The van der Waals surface area contributed by atoms with E-state index < -0.39 is 5.97 Å². The van der Waals surface area contributed by atoms with Crippen LogP contribution < -0.4 is 0 Å². The highest BCUT2D eigenvalue weighted by atomic mass is 16.5. The van der Waals surface area contributed by atoms with Gasteiger partial charge in [0.2, 0.25) is 0 Å². The fraction of sp³-hybridized carbons (Fsp3) is 0.130. The number of hydrogen-bond acceptors (Lipinski definition) is 3. The maximum absolute atomic E-state index is 11.6. The van der Waals surface area contributed by atoms with Crippen molar-refractivity contribution in [3.8, 4) is 16.8 Å². The van der Waals surface area contributed by atoms with Crippen LogP contribution in [0.2, 0.25) is 0 Å². The lowest BCUT2D eigenvalue weighted by atomic mass is 9.95. The van der Waals surface area contributed by atoms with E-state index in [0.717, 1.165) is 33.7 Å². The molecule has 0 aliphatic carbocycles. The second-order valence-corrected chi connectivity index (χ2v) is 6.64. The van der Waals surface area contributed by atoms with Crippen molar-refractivity contribution in [2.45, 2.75) is 13.5 Å². The number of para-hydroxylation sites is 2. The van der Waals surface area contributed by atoms with Gasteiger partial charge >= 0.3 is 5.97 Å². The van der Waals surface area contributed by atoms with E-state index in [2.05, 4.69) is 15.6 Å². The van der Waals surface area contributed by atoms with Crippen molar-refractivity contribution < 1.29 is 14.6 Å². The number of aromatic nitrogens is 2. The van der Waals surface area contributed by atoms with Crippen molar-refractivity contribution in [2.75, 3.05) is 7.11 Å². The van der Waals surface area contributed by atoms with Gasteiger partial charge in [-0.25, -0.2) is 9.78 Å². The number of carbonyl (C=O) groups is 1. The lowest BCUT2D eigenvalue weighted by molar-refractivity contribution is 0.0697. The average molecular weight is 372 g/mol. The summed E-state index contributed by atoms with van der Waals surface area (Å²) in [4.78, 5) is 16.3. The van der Waals surface area contributed by atoms with Crippen LogP contribution in [0.1, 0.15) is 21.7 Å². The first kappa shape index (κ1) is 17.9. The van der Waals surface area contributed by atoms with Gasteiger partial charge in [-0.2, -0.15) is 0 Å². The SMILES string of the molecule is COCc1nc2ccccc2n1-c1ccc(-c2ccccc2C(=O)O)c(C)c1. The fourth-order valence-corrected chi connectivity index (χ4v) is 3.58. The van der Waals surface area contributed by atoms with Gasteiger partial charge in [-0.05, 0) is 53.9 Å². The van der Waals surface area contributed by atoms with Crippen LogP contribution in [-0.4, -0.2) is 27.7 Å². The minimum Gasteiger partial charge on any atom is -0.478 e. The molecule has 0 radical (unpaired) electrons. The molecule has 1 N–H and O–H groups in total. The van der Waals surface area contributed by atoms with Gasteiger partial charge < -0.3 is 9.84 Å². The van der Waals surface area contributed by atoms with Crippen LogP contribution in [-0.2, 0) is 11.3 Å². The Bertz CT molecular complexity index is 1180. The molecule has 5 nitrogen and oxygen atoms in total. The fourth-order valence-electron chi connectivity index (χ4n) is 3.58. The summed E-state index contributed by atoms with van der Waals surface area (Å²) in [6, 6.07) is 21.1. The second-order valence-electron chi connectivity index (χ2n) is 6.64. The topological polar surface area (TPSA) is 64.4 Å². The van der Waals surface area contributed by atoms with Gasteiger partial charge in [-0.3, -0.25) is 4.57 Å². The average Bonchev–Trinajstić information content (AvgIpc) is 3.06. The van der Waals surface area contributed by atoms with E-state index in [1.165, 1.54) is 0 Å². The number of benzene rings is 3. The predicted molar refractivity (Wildman–Crippen MR) is 109 cm³/mol. The highest BCUT2D eigenvalue weighted by molar-refractivity contribution is 5.96. The molecular weight excluding hydrogens is 352 g/mol. The molecule has 140 valence electrons. The molecule has 4 rings (SSSR count). The molecule has 0 atom stereocenters. The summed E-state index contributed by atoms with van der Waals surface area (Å²) in [5.74, 6) is -0.108. The lowest BCUT2D eigenvalue weighted by Crippen LogP contribution is -2.04. The lowest BCUT2D eigenvalue weighted by Gasteiger charge is -2.14. The van der Waals surface area contributed by atoms with Gasteiger partial charge in [0.15, 0.2) is 0 Å². The van der Waals surface area contributed by atoms with Crippen molar-refractivity contribution >= 4 is 17.0 Å². The number of hydrogen-bond donors (Lipinski definition) is 1. The molecule has 0 aliphatic heterocycles. The zero-order valence-corrected chi connectivity index (χ0v) is 15.7. The number of fused-ring (bicyclic) bond motifs is 1. The number of ether oxygens (including phenoxy) is 1. The minimum atomic E-state index is -0.929. The molecular formula is C23H20N2O3. The van der Waals surface area contributed by atoms with E-state index in [-0.39, 0.29) is 0 Å². The summed E-state index contributed by atoms with van der Waals surface area (Å²) in [7, 11) is 1.65. The predicted octanol–water partition coefficient (Wildman–Crippen LogP) is 4.85. The smallest absolute Gasteiger partial charge is 0.336 e. The number of nitrogens with zero attached hydrogens (tertiary/aromatic N) is 2. The van der Waals surface area contributed by atoms with Crippen molar-refractivity contribution in [2.24, 2.45) is 0 Å². The molecule has 1 heterocycles. The van der Waals surface area contributed by atoms with Crippen LogP contribution >= 0.6 is 0 Å². The summed E-state index contributed by atoms with van der Waals surface area (Å²) < 4.78 is 7.42. The molecule has 5 heteroatoms. The number of imidazole rings is 1. The van der Waals surface area contributed by atoms with Crippen molar-refractivity contribution in [3.63, 3.8) is 0 Å². The van der Waals surface area contributed by atoms with Gasteiger partial charge in [0.25, 0.3) is 0 Å². The van der Waals surface area contributed by atoms with Crippen molar-refractivity contribution in [1.29, 1.82) is 0 Å². The van der Waals surface area contributed by atoms with Crippen LogP contribution in [0, 0.1) is 6.92 Å². The number of rotatable bonds is 5. The minimum absolute atomic E-state index is 0.298. The highest BCUT2D eigenvalue weighted by Gasteiger charge is 2.16. The number of aryl methyl sites for hydroxylation is 1. The van der Waals surface area contributed by atoms with E-state index in [1.54, 1.807) is 19.2 Å². The zero-order valence-electron chi connectivity index (χ0n) is 15.7. The summed E-state index contributed by atoms with van der Waals surface area (Å²) in [6.45, 7) is 2.39. The highest BCUT2D eigenvalue weighted by Crippen LogP contribution is 2.30. The molecule has 0 unspecified atom stereocenters. The number of methoxy groups -OCH3 is 1. The third-order valence-corrected chi connectivity index (χ3v) is 4.82. The molecule has 0 fully saturated rings.